The van der Waals surface area contributed by atoms with Crippen molar-refractivity contribution in [3.8, 4) is 0 Å². The molecule has 0 aromatic carbocycles. The molecular formula is C11H20N2. The first-order chi connectivity index (χ1) is 6.35. The maximum atomic E-state index is 4.04. The Morgan fingerprint density at radius 1 is 1.54 bits per heavy atom. The fraction of sp³-hybridized carbons (Fsp3) is 0.545. The van der Waals surface area contributed by atoms with Crippen molar-refractivity contribution in [3.63, 3.8) is 0 Å². The second-order valence-electron chi connectivity index (χ2n) is 2.85. The fourth-order valence-electron chi connectivity index (χ4n) is 0.875. The molecule has 0 saturated heterocycles. The van der Waals surface area contributed by atoms with Crippen molar-refractivity contribution in [1.29, 1.82) is 0 Å². The third-order valence-electron chi connectivity index (χ3n) is 1.69. The first-order valence-corrected chi connectivity index (χ1v) is 4.85. The lowest BCUT2D eigenvalue weighted by Gasteiger charge is -2.02. The minimum absolute atomic E-state index is 0.862. The van der Waals surface area contributed by atoms with Crippen LogP contribution in [-0.2, 0) is 0 Å². The highest BCUT2D eigenvalue weighted by Crippen LogP contribution is 1.94. The first-order valence-electron chi connectivity index (χ1n) is 4.85. The molecule has 2 nitrogen and oxygen atoms in total. The summed E-state index contributed by atoms with van der Waals surface area (Å²) in [4.78, 5) is 4.04. The van der Waals surface area contributed by atoms with Crippen LogP contribution in [-0.4, -0.2) is 19.3 Å². The van der Waals surface area contributed by atoms with Crippen molar-refractivity contribution in [2.24, 2.45) is 4.99 Å². The van der Waals surface area contributed by atoms with Crippen molar-refractivity contribution in [3.05, 3.63) is 24.4 Å². The van der Waals surface area contributed by atoms with Crippen LogP contribution in [0.1, 0.15) is 26.7 Å². The predicted molar refractivity (Wildman–Crippen MR) is 60.2 cm³/mol. The van der Waals surface area contributed by atoms with Crippen LogP contribution in [0.4, 0.5) is 0 Å². The van der Waals surface area contributed by atoms with Gasteiger partial charge in [0.05, 0.1) is 0 Å². The van der Waals surface area contributed by atoms with E-state index in [2.05, 4.69) is 23.8 Å². The number of unbranched alkanes of at least 4 members (excludes halogenated alkanes) is 1. The van der Waals surface area contributed by atoms with Gasteiger partial charge in [-0.15, -0.1) is 0 Å². The lowest BCUT2D eigenvalue weighted by atomic mass is 10.2. The topological polar surface area (TPSA) is 24.4 Å². The summed E-state index contributed by atoms with van der Waals surface area (Å²) in [6.45, 7) is 9.75. The minimum Gasteiger partial charge on any atom is -0.313 e. The van der Waals surface area contributed by atoms with E-state index in [9.17, 15) is 0 Å². The van der Waals surface area contributed by atoms with Gasteiger partial charge in [0.15, 0.2) is 0 Å². The molecule has 0 aromatic rings. The Bertz CT molecular complexity index is 181. The van der Waals surface area contributed by atoms with Crippen LogP contribution in [0.2, 0.25) is 0 Å². The van der Waals surface area contributed by atoms with Gasteiger partial charge in [0.2, 0.25) is 0 Å². The van der Waals surface area contributed by atoms with E-state index in [0.29, 0.717) is 0 Å². The normalized spacial score (nSPS) is 12.3. The highest BCUT2D eigenvalue weighted by atomic mass is 14.8. The zero-order chi connectivity index (χ0) is 9.94. The van der Waals surface area contributed by atoms with Crippen LogP contribution in [0.25, 0.3) is 0 Å². The Morgan fingerprint density at radius 2 is 2.31 bits per heavy atom. The summed E-state index contributed by atoms with van der Waals surface area (Å²) in [5.41, 5.74) is 1.13. The van der Waals surface area contributed by atoms with Crippen LogP contribution in [0, 0.1) is 0 Å². The Hall–Kier alpha value is -0.890. The maximum absolute atomic E-state index is 4.04. The molecule has 1 N–H and O–H groups in total. The molecule has 0 rings (SSSR count). The van der Waals surface area contributed by atoms with Gasteiger partial charge in [0.25, 0.3) is 0 Å². The number of nitrogens with zero attached hydrogens (tertiary/aromatic N) is 1. The molecule has 0 amide bonds. The summed E-state index contributed by atoms with van der Waals surface area (Å²) < 4.78 is 0. The summed E-state index contributed by atoms with van der Waals surface area (Å²) in [7, 11) is 0. The van der Waals surface area contributed by atoms with Crippen molar-refractivity contribution in [2.45, 2.75) is 26.7 Å². The van der Waals surface area contributed by atoms with Crippen molar-refractivity contribution in [2.75, 3.05) is 13.1 Å². The molecule has 0 fully saturated rings. The monoisotopic (exact) mass is 180 g/mol. The predicted octanol–water partition coefficient (Wildman–Crippen LogP) is 2.54. The van der Waals surface area contributed by atoms with Crippen LogP contribution in [0.3, 0.4) is 0 Å². The van der Waals surface area contributed by atoms with E-state index in [4.69, 9.17) is 0 Å². The lowest BCUT2D eigenvalue weighted by Crippen LogP contribution is -2.17. The molecule has 0 radical (unpaired) electrons. The van der Waals surface area contributed by atoms with E-state index in [0.717, 1.165) is 18.7 Å². The SMILES string of the molecule is C=C/C(=C\N=CC)CNCCCC. The molecule has 0 bridgehead atoms. The lowest BCUT2D eigenvalue weighted by molar-refractivity contribution is 0.674. The minimum atomic E-state index is 0.862. The van der Waals surface area contributed by atoms with Crippen molar-refractivity contribution < 1.29 is 0 Å². The highest BCUT2D eigenvalue weighted by molar-refractivity contribution is 5.54. The van der Waals surface area contributed by atoms with Gasteiger partial charge < -0.3 is 5.32 Å². The van der Waals surface area contributed by atoms with E-state index in [1.165, 1.54) is 12.8 Å². The van der Waals surface area contributed by atoms with Gasteiger partial charge in [-0.25, -0.2) is 0 Å². The van der Waals surface area contributed by atoms with Gasteiger partial charge in [-0.2, -0.15) is 0 Å². The Morgan fingerprint density at radius 3 is 2.85 bits per heavy atom. The molecular weight excluding hydrogens is 160 g/mol. The fourth-order valence-corrected chi connectivity index (χ4v) is 0.875. The molecule has 0 heterocycles. The summed E-state index contributed by atoms with van der Waals surface area (Å²) in [5.74, 6) is 0. The second kappa shape index (κ2) is 9.20. The number of aliphatic imine (C=N–C) groups is 1. The number of nitrogens with one attached hydrogen (secondary N) is 1. The Labute approximate surface area is 81.5 Å². The molecule has 74 valence electrons. The molecule has 0 saturated carbocycles. The van der Waals surface area contributed by atoms with Crippen LogP contribution < -0.4 is 5.32 Å². The summed E-state index contributed by atoms with van der Waals surface area (Å²) >= 11 is 0. The van der Waals surface area contributed by atoms with Crippen LogP contribution in [0.15, 0.2) is 29.4 Å². The van der Waals surface area contributed by atoms with E-state index < -0.39 is 0 Å². The van der Waals surface area contributed by atoms with Gasteiger partial charge in [0, 0.05) is 19.0 Å². The third-order valence-corrected chi connectivity index (χ3v) is 1.69. The average Bonchev–Trinajstić information content (AvgIpc) is 2.17. The molecule has 0 aliphatic carbocycles. The zero-order valence-electron chi connectivity index (χ0n) is 8.71. The average molecular weight is 180 g/mol. The van der Waals surface area contributed by atoms with E-state index in [1.807, 2.05) is 19.2 Å². The van der Waals surface area contributed by atoms with Gasteiger partial charge >= 0.3 is 0 Å². The largest absolute Gasteiger partial charge is 0.313 e. The first kappa shape index (κ1) is 12.1. The molecule has 0 atom stereocenters. The van der Waals surface area contributed by atoms with Crippen LogP contribution in [0.5, 0.6) is 0 Å². The quantitative estimate of drug-likeness (QED) is 0.363. The van der Waals surface area contributed by atoms with Crippen LogP contribution >= 0.6 is 0 Å². The molecule has 0 aromatic heterocycles. The number of rotatable bonds is 7. The number of hydrogen-bond donors (Lipinski definition) is 1. The zero-order valence-corrected chi connectivity index (χ0v) is 8.71. The maximum Gasteiger partial charge on any atom is 0.0308 e. The smallest absolute Gasteiger partial charge is 0.0308 e. The van der Waals surface area contributed by atoms with Gasteiger partial charge in [0.1, 0.15) is 0 Å². The second-order valence-corrected chi connectivity index (χ2v) is 2.85. The Balaban J connectivity index is 3.65. The van der Waals surface area contributed by atoms with Crippen molar-refractivity contribution >= 4 is 6.21 Å². The molecule has 13 heavy (non-hydrogen) atoms. The summed E-state index contributed by atoms with van der Waals surface area (Å²) in [5, 5.41) is 3.33. The highest BCUT2D eigenvalue weighted by Gasteiger charge is 1.89. The van der Waals surface area contributed by atoms with E-state index in [-0.39, 0.29) is 0 Å². The van der Waals surface area contributed by atoms with Crippen molar-refractivity contribution in [1.82, 2.24) is 5.32 Å². The van der Waals surface area contributed by atoms with Gasteiger partial charge in [-0.05, 0) is 25.5 Å². The van der Waals surface area contributed by atoms with E-state index in [1.54, 1.807) is 6.21 Å². The molecule has 0 spiro atoms. The van der Waals surface area contributed by atoms with Gasteiger partial charge in [-0.1, -0.05) is 26.0 Å². The standard InChI is InChI=1S/C11H20N2/c1-4-7-8-13-10-11(5-2)9-12-6-3/h5-6,9,13H,2,4,7-8,10H2,1,3H3/b11-9+,12-6?. The number of hydrogen-bond acceptors (Lipinski definition) is 2. The molecule has 0 aliphatic heterocycles. The van der Waals surface area contributed by atoms with E-state index >= 15 is 0 Å². The Kier molecular flexibility index (Phi) is 8.57. The van der Waals surface area contributed by atoms with Gasteiger partial charge in [-0.3, -0.25) is 4.99 Å². The summed E-state index contributed by atoms with van der Waals surface area (Å²) in [6, 6.07) is 0. The summed E-state index contributed by atoms with van der Waals surface area (Å²) in [6.07, 6.45) is 7.90. The molecule has 2 heteroatoms. The third kappa shape index (κ3) is 7.47. The molecule has 0 aliphatic rings. The molecule has 0 unspecified atom stereocenters.